The van der Waals surface area contributed by atoms with E-state index in [1.54, 1.807) is 7.11 Å². The van der Waals surface area contributed by atoms with Crippen molar-refractivity contribution in [3.8, 4) is 5.75 Å². The smallest absolute Gasteiger partial charge is 0.122 e. The van der Waals surface area contributed by atoms with Gasteiger partial charge in [0.25, 0.3) is 0 Å². The summed E-state index contributed by atoms with van der Waals surface area (Å²) in [5.74, 6) is 0.869. The topological polar surface area (TPSA) is 35.2 Å². The van der Waals surface area contributed by atoms with Crippen molar-refractivity contribution in [2.24, 2.45) is 5.73 Å². The van der Waals surface area contributed by atoms with Gasteiger partial charge in [-0.1, -0.05) is 41.9 Å². The van der Waals surface area contributed by atoms with Gasteiger partial charge in [-0.15, -0.1) is 0 Å². The van der Waals surface area contributed by atoms with E-state index in [4.69, 9.17) is 22.1 Å². The summed E-state index contributed by atoms with van der Waals surface area (Å²) in [5, 5.41) is 0.719. The monoisotopic (exact) mass is 275 g/mol. The second-order valence-corrected chi connectivity index (χ2v) is 5.35. The predicted molar refractivity (Wildman–Crippen MR) is 79.7 cm³/mol. The van der Waals surface area contributed by atoms with Crippen LogP contribution >= 0.6 is 11.6 Å². The third kappa shape index (κ3) is 3.28. The molecule has 0 radical (unpaired) electrons. The van der Waals surface area contributed by atoms with Crippen LogP contribution in [0.5, 0.6) is 5.75 Å². The number of rotatable bonds is 4. The van der Waals surface area contributed by atoms with Crippen LogP contribution in [0.3, 0.4) is 0 Å². The van der Waals surface area contributed by atoms with Crippen molar-refractivity contribution < 1.29 is 4.74 Å². The molecule has 1 unspecified atom stereocenters. The van der Waals surface area contributed by atoms with Crippen LogP contribution < -0.4 is 10.5 Å². The fourth-order valence-corrected chi connectivity index (χ4v) is 2.30. The average Bonchev–Trinajstić information content (AvgIpc) is 2.39. The van der Waals surface area contributed by atoms with Crippen molar-refractivity contribution in [1.29, 1.82) is 0 Å². The van der Waals surface area contributed by atoms with Crippen LogP contribution in [0.15, 0.2) is 48.5 Å². The zero-order valence-corrected chi connectivity index (χ0v) is 11.9. The second kappa shape index (κ2) is 5.64. The molecule has 2 N–H and O–H groups in total. The fraction of sp³-hybridized carbons (Fsp3) is 0.250. The molecule has 0 aromatic heterocycles. The first kappa shape index (κ1) is 13.9. The Morgan fingerprint density at radius 1 is 1.11 bits per heavy atom. The lowest BCUT2D eigenvalue weighted by Gasteiger charge is -2.26. The molecule has 0 saturated heterocycles. The number of nitrogens with two attached hydrogens (primary N) is 1. The van der Waals surface area contributed by atoms with Crippen LogP contribution in [0.1, 0.15) is 18.1 Å². The molecular weight excluding hydrogens is 258 g/mol. The molecule has 0 aliphatic heterocycles. The van der Waals surface area contributed by atoms with E-state index in [0.717, 1.165) is 21.9 Å². The number of para-hydroxylation sites is 1. The molecule has 2 aromatic rings. The van der Waals surface area contributed by atoms with Gasteiger partial charge in [-0.2, -0.15) is 0 Å². The first-order chi connectivity index (χ1) is 9.03. The van der Waals surface area contributed by atoms with Crippen LogP contribution in [0.25, 0.3) is 0 Å². The van der Waals surface area contributed by atoms with E-state index in [9.17, 15) is 0 Å². The molecule has 100 valence electrons. The molecule has 2 aromatic carbocycles. The van der Waals surface area contributed by atoms with Gasteiger partial charge in [0.2, 0.25) is 0 Å². The predicted octanol–water partition coefficient (Wildman–Crippen LogP) is 3.77. The number of hydrogen-bond acceptors (Lipinski definition) is 2. The van der Waals surface area contributed by atoms with Gasteiger partial charge in [0.15, 0.2) is 0 Å². The number of methoxy groups -OCH3 is 1. The molecule has 0 amide bonds. The van der Waals surface area contributed by atoms with Gasteiger partial charge in [0.05, 0.1) is 7.11 Å². The van der Waals surface area contributed by atoms with Crippen LogP contribution in [0.4, 0.5) is 0 Å². The van der Waals surface area contributed by atoms with Crippen molar-refractivity contribution in [1.82, 2.24) is 0 Å². The summed E-state index contributed by atoms with van der Waals surface area (Å²) in [4.78, 5) is 0. The van der Waals surface area contributed by atoms with E-state index < -0.39 is 5.54 Å². The summed E-state index contributed by atoms with van der Waals surface area (Å²) in [6.07, 6.45) is 0.707. The van der Waals surface area contributed by atoms with Gasteiger partial charge in [-0.3, -0.25) is 0 Å². The zero-order valence-electron chi connectivity index (χ0n) is 11.2. The third-order valence-corrected chi connectivity index (χ3v) is 3.51. The lowest BCUT2D eigenvalue weighted by atomic mass is 9.86. The molecule has 2 nitrogen and oxygen atoms in total. The maximum absolute atomic E-state index is 6.45. The molecule has 2 rings (SSSR count). The Morgan fingerprint density at radius 3 is 2.37 bits per heavy atom. The number of ether oxygens (including phenoxy) is 1. The Morgan fingerprint density at radius 2 is 1.74 bits per heavy atom. The van der Waals surface area contributed by atoms with E-state index in [2.05, 4.69) is 0 Å². The summed E-state index contributed by atoms with van der Waals surface area (Å²) < 4.78 is 5.37. The summed E-state index contributed by atoms with van der Waals surface area (Å²) in [6.45, 7) is 2.02. The van der Waals surface area contributed by atoms with Crippen LogP contribution in [-0.4, -0.2) is 7.11 Å². The summed E-state index contributed by atoms with van der Waals surface area (Å²) in [6, 6.07) is 15.6. The Labute approximate surface area is 119 Å². The van der Waals surface area contributed by atoms with Gasteiger partial charge in [-0.05, 0) is 42.7 Å². The second-order valence-electron chi connectivity index (χ2n) is 4.91. The van der Waals surface area contributed by atoms with Gasteiger partial charge < -0.3 is 10.5 Å². The maximum Gasteiger partial charge on any atom is 0.122 e. The molecule has 0 saturated carbocycles. The number of halogens is 1. The summed E-state index contributed by atoms with van der Waals surface area (Å²) >= 11 is 5.91. The molecule has 0 heterocycles. The molecule has 0 bridgehead atoms. The Bertz CT molecular complexity index is 549. The van der Waals surface area contributed by atoms with E-state index >= 15 is 0 Å². The number of hydrogen-bond donors (Lipinski definition) is 1. The molecule has 19 heavy (non-hydrogen) atoms. The molecule has 0 aliphatic carbocycles. The lowest BCUT2D eigenvalue weighted by molar-refractivity contribution is 0.400. The van der Waals surface area contributed by atoms with E-state index in [1.807, 2.05) is 55.5 Å². The standard InChI is InChI=1S/C16H18ClNO/c1-16(18,13-7-9-14(17)10-8-13)11-12-5-3-4-6-15(12)19-2/h3-10H,11,18H2,1-2H3. The minimum atomic E-state index is -0.459. The SMILES string of the molecule is COc1ccccc1CC(C)(N)c1ccc(Cl)cc1. The third-order valence-electron chi connectivity index (χ3n) is 3.25. The zero-order chi connectivity index (χ0) is 13.9. The molecular formula is C16H18ClNO. The summed E-state index contributed by atoms with van der Waals surface area (Å²) in [7, 11) is 1.68. The minimum absolute atomic E-state index is 0.459. The number of benzene rings is 2. The maximum atomic E-state index is 6.45. The van der Waals surface area contributed by atoms with Crippen molar-refractivity contribution >= 4 is 11.6 Å². The van der Waals surface area contributed by atoms with Gasteiger partial charge in [-0.25, -0.2) is 0 Å². The van der Waals surface area contributed by atoms with Crippen LogP contribution in [-0.2, 0) is 12.0 Å². The van der Waals surface area contributed by atoms with E-state index in [0.29, 0.717) is 6.42 Å². The lowest BCUT2D eigenvalue weighted by Crippen LogP contribution is -2.35. The van der Waals surface area contributed by atoms with Gasteiger partial charge in [0.1, 0.15) is 5.75 Å². The van der Waals surface area contributed by atoms with E-state index in [-0.39, 0.29) is 0 Å². The Balaban J connectivity index is 2.27. The van der Waals surface area contributed by atoms with Crippen molar-refractivity contribution in [3.05, 3.63) is 64.7 Å². The highest BCUT2D eigenvalue weighted by Crippen LogP contribution is 2.28. The molecule has 0 spiro atoms. The van der Waals surface area contributed by atoms with Gasteiger partial charge >= 0.3 is 0 Å². The van der Waals surface area contributed by atoms with Crippen LogP contribution in [0, 0.1) is 0 Å². The van der Waals surface area contributed by atoms with Crippen LogP contribution in [0.2, 0.25) is 5.02 Å². The highest BCUT2D eigenvalue weighted by atomic mass is 35.5. The normalized spacial score (nSPS) is 13.9. The highest BCUT2D eigenvalue weighted by molar-refractivity contribution is 6.30. The van der Waals surface area contributed by atoms with Gasteiger partial charge in [0, 0.05) is 10.6 Å². The summed E-state index contributed by atoms with van der Waals surface area (Å²) in [5.41, 5.74) is 8.15. The Kier molecular flexibility index (Phi) is 4.13. The fourth-order valence-electron chi connectivity index (χ4n) is 2.18. The quantitative estimate of drug-likeness (QED) is 0.922. The van der Waals surface area contributed by atoms with Crippen molar-refractivity contribution in [2.45, 2.75) is 18.9 Å². The first-order valence-electron chi connectivity index (χ1n) is 6.20. The van der Waals surface area contributed by atoms with E-state index in [1.165, 1.54) is 0 Å². The largest absolute Gasteiger partial charge is 0.496 e. The Hall–Kier alpha value is -1.51. The first-order valence-corrected chi connectivity index (χ1v) is 6.57. The highest BCUT2D eigenvalue weighted by Gasteiger charge is 2.23. The average molecular weight is 276 g/mol. The van der Waals surface area contributed by atoms with Crippen molar-refractivity contribution in [2.75, 3.05) is 7.11 Å². The molecule has 1 atom stereocenters. The van der Waals surface area contributed by atoms with Crippen molar-refractivity contribution in [3.63, 3.8) is 0 Å². The molecule has 0 fully saturated rings. The molecule has 0 aliphatic rings. The minimum Gasteiger partial charge on any atom is -0.496 e. The molecule has 3 heteroatoms.